The molecule has 0 N–H and O–H groups in total. The lowest BCUT2D eigenvalue weighted by Gasteiger charge is -2.30. The summed E-state index contributed by atoms with van der Waals surface area (Å²) in [6.45, 7) is 7.89. The molecule has 0 bridgehead atoms. The lowest BCUT2D eigenvalue weighted by atomic mass is 10.2. The van der Waals surface area contributed by atoms with E-state index in [2.05, 4.69) is 14.9 Å². The van der Waals surface area contributed by atoms with Crippen LogP contribution in [0.15, 0.2) is 10.9 Å². The first kappa shape index (κ1) is 16.2. The molecule has 2 fully saturated rings. The molecule has 6 heteroatoms. The summed E-state index contributed by atoms with van der Waals surface area (Å²) in [5.41, 5.74) is 2.40. The van der Waals surface area contributed by atoms with E-state index in [4.69, 9.17) is 4.74 Å². The van der Waals surface area contributed by atoms with Crippen molar-refractivity contribution in [3.63, 3.8) is 0 Å². The van der Waals surface area contributed by atoms with E-state index >= 15 is 0 Å². The van der Waals surface area contributed by atoms with Crippen LogP contribution in [0.3, 0.4) is 0 Å². The standard InChI is InChI=1S/C18H28N4O2/c23-18-13-15-3-1-5-17(15)19-22(18)14-16-4-2-6-21(16)8-7-20-9-11-24-12-10-20/h13,16H,1-12,14H2. The quantitative estimate of drug-likeness (QED) is 0.787. The van der Waals surface area contributed by atoms with Crippen molar-refractivity contribution < 1.29 is 4.74 Å². The van der Waals surface area contributed by atoms with Gasteiger partial charge in [-0.1, -0.05) is 0 Å². The Bertz CT molecular complexity index is 624. The molecule has 0 amide bonds. The van der Waals surface area contributed by atoms with Gasteiger partial charge in [0.25, 0.3) is 5.56 Å². The molecule has 3 aliphatic rings. The van der Waals surface area contributed by atoms with Crippen molar-refractivity contribution in [1.82, 2.24) is 19.6 Å². The average molecular weight is 332 g/mol. The van der Waals surface area contributed by atoms with Crippen molar-refractivity contribution in [3.8, 4) is 0 Å². The molecular formula is C18H28N4O2. The van der Waals surface area contributed by atoms with Crippen LogP contribution in [0.5, 0.6) is 0 Å². The van der Waals surface area contributed by atoms with Gasteiger partial charge in [-0.2, -0.15) is 5.10 Å². The van der Waals surface area contributed by atoms with E-state index in [9.17, 15) is 4.79 Å². The largest absolute Gasteiger partial charge is 0.379 e. The van der Waals surface area contributed by atoms with Gasteiger partial charge in [0.05, 0.1) is 25.5 Å². The first-order valence-electron chi connectivity index (χ1n) is 9.44. The van der Waals surface area contributed by atoms with Crippen LogP contribution < -0.4 is 5.56 Å². The molecule has 1 aliphatic carbocycles. The molecule has 24 heavy (non-hydrogen) atoms. The van der Waals surface area contributed by atoms with Crippen molar-refractivity contribution in [1.29, 1.82) is 0 Å². The molecule has 1 aromatic heterocycles. The number of likely N-dealkylation sites (tertiary alicyclic amines) is 1. The van der Waals surface area contributed by atoms with Gasteiger partial charge in [-0.25, -0.2) is 4.68 Å². The molecule has 1 unspecified atom stereocenters. The number of fused-ring (bicyclic) bond motifs is 1. The molecule has 2 saturated heterocycles. The molecular weight excluding hydrogens is 304 g/mol. The van der Waals surface area contributed by atoms with Gasteiger partial charge in [-0.3, -0.25) is 14.6 Å². The SMILES string of the molecule is O=c1cc2c(nn1CC1CCCN1CCN1CCOCC1)CCC2. The van der Waals surface area contributed by atoms with E-state index in [0.29, 0.717) is 6.04 Å². The summed E-state index contributed by atoms with van der Waals surface area (Å²) in [6, 6.07) is 2.28. The van der Waals surface area contributed by atoms with Gasteiger partial charge in [0.2, 0.25) is 0 Å². The smallest absolute Gasteiger partial charge is 0.267 e. The normalized spacial score (nSPS) is 25.2. The summed E-state index contributed by atoms with van der Waals surface area (Å²) in [6.07, 6.45) is 5.59. The van der Waals surface area contributed by atoms with Crippen molar-refractivity contribution in [2.45, 2.75) is 44.7 Å². The summed E-state index contributed by atoms with van der Waals surface area (Å²) in [5, 5.41) is 4.65. The minimum absolute atomic E-state index is 0.0793. The highest BCUT2D eigenvalue weighted by molar-refractivity contribution is 5.22. The van der Waals surface area contributed by atoms with E-state index in [1.165, 1.54) is 18.4 Å². The molecule has 1 atom stereocenters. The minimum atomic E-state index is 0.0793. The number of hydrogen-bond acceptors (Lipinski definition) is 5. The number of hydrogen-bond donors (Lipinski definition) is 0. The van der Waals surface area contributed by atoms with Crippen LogP contribution in [0.2, 0.25) is 0 Å². The molecule has 1 aromatic rings. The average Bonchev–Trinajstić information content (AvgIpc) is 3.23. The Labute approximate surface area is 143 Å². The van der Waals surface area contributed by atoms with Gasteiger partial charge < -0.3 is 4.74 Å². The van der Waals surface area contributed by atoms with Gasteiger partial charge in [0.15, 0.2) is 0 Å². The zero-order valence-corrected chi connectivity index (χ0v) is 14.5. The number of rotatable bonds is 5. The molecule has 3 heterocycles. The predicted octanol–water partition coefficient (Wildman–Crippen LogP) is 0.529. The zero-order chi connectivity index (χ0) is 16.4. The number of aryl methyl sites for hydroxylation is 2. The molecule has 0 radical (unpaired) electrons. The molecule has 0 aromatic carbocycles. The molecule has 2 aliphatic heterocycles. The maximum absolute atomic E-state index is 12.3. The fourth-order valence-corrected chi connectivity index (χ4v) is 4.26. The van der Waals surface area contributed by atoms with Crippen molar-refractivity contribution in [2.75, 3.05) is 45.9 Å². The predicted molar refractivity (Wildman–Crippen MR) is 92.4 cm³/mol. The second kappa shape index (κ2) is 7.33. The highest BCUT2D eigenvalue weighted by Gasteiger charge is 2.26. The summed E-state index contributed by atoms with van der Waals surface area (Å²) >= 11 is 0. The molecule has 0 spiro atoms. The van der Waals surface area contributed by atoms with Crippen molar-refractivity contribution in [2.24, 2.45) is 0 Å². The highest BCUT2D eigenvalue weighted by Crippen LogP contribution is 2.20. The number of aromatic nitrogens is 2. The third-order valence-corrected chi connectivity index (χ3v) is 5.71. The van der Waals surface area contributed by atoms with Crippen molar-refractivity contribution in [3.05, 3.63) is 27.7 Å². The van der Waals surface area contributed by atoms with Crippen LogP contribution in [0.1, 0.15) is 30.5 Å². The molecule has 6 nitrogen and oxygen atoms in total. The minimum Gasteiger partial charge on any atom is -0.379 e. The lowest BCUT2D eigenvalue weighted by Crippen LogP contribution is -2.44. The number of nitrogens with zero attached hydrogens (tertiary/aromatic N) is 4. The Morgan fingerprint density at radius 3 is 2.88 bits per heavy atom. The second-order valence-electron chi connectivity index (χ2n) is 7.28. The first-order chi connectivity index (χ1) is 11.8. The van der Waals surface area contributed by atoms with Gasteiger partial charge in [0.1, 0.15) is 0 Å². The first-order valence-corrected chi connectivity index (χ1v) is 9.44. The fourth-order valence-electron chi connectivity index (χ4n) is 4.26. The van der Waals surface area contributed by atoms with Crippen LogP contribution in [0, 0.1) is 0 Å². The Morgan fingerprint density at radius 1 is 1.12 bits per heavy atom. The van der Waals surface area contributed by atoms with Crippen LogP contribution in [0.25, 0.3) is 0 Å². The third kappa shape index (κ3) is 3.55. The Morgan fingerprint density at radius 2 is 2.00 bits per heavy atom. The van der Waals surface area contributed by atoms with E-state index in [1.807, 2.05) is 6.07 Å². The summed E-state index contributed by atoms with van der Waals surface area (Å²) in [4.78, 5) is 17.4. The van der Waals surface area contributed by atoms with Crippen molar-refractivity contribution >= 4 is 0 Å². The van der Waals surface area contributed by atoms with Crippen LogP contribution in [-0.4, -0.2) is 71.6 Å². The second-order valence-corrected chi connectivity index (χ2v) is 7.28. The van der Waals surface area contributed by atoms with Crippen LogP contribution >= 0.6 is 0 Å². The van der Waals surface area contributed by atoms with E-state index in [-0.39, 0.29) is 5.56 Å². The van der Waals surface area contributed by atoms with E-state index in [0.717, 1.165) is 77.4 Å². The van der Waals surface area contributed by atoms with E-state index in [1.54, 1.807) is 4.68 Å². The van der Waals surface area contributed by atoms with Crippen LogP contribution in [-0.2, 0) is 24.1 Å². The Kier molecular flexibility index (Phi) is 4.96. The summed E-state index contributed by atoms with van der Waals surface area (Å²) in [5.74, 6) is 0. The lowest BCUT2D eigenvalue weighted by molar-refractivity contribution is 0.0322. The zero-order valence-electron chi connectivity index (χ0n) is 14.5. The Hall–Kier alpha value is -1.24. The summed E-state index contributed by atoms with van der Waals surface area (Å²) < 4.78 is 7.14. The maximum Gasteiger partial charge on any atom is 0.267 e. The Balaban J connectivity index is 1.37. The van der Waals surface area contributed by atoms with Gasteiger partial charge >= 0.3 is 0 Å². The van der Waals surface area contributed by atoms with Crippen LogP contribution in [0.4, 0.5) is 0 Å². The van der Waals surface area contributed by atoms with E-state index < -0.39 is 0 Å². The maximum atomic E-state index is 12.3. The van der Waals surface area contributed by atoms with Gasteiger partial charge in [0, 0.05) is 38.3 Å². The fraction of sp³-hybridized carbons (Fsp3) is 0.778. The summed E-state index contributed by atoms with van der Waals surface area (Å²) in [7, 11) is 0. The van der Waals surface area contributed by atoms with Gasteiger partial charge in [-0.15, -0.1) is 0 Å². The monoisotopic (exact) mass is 332 g/mol. The topological polar surface area (TPSA) is 50.6 Å². The molecule has 4 rings (SSSR count). The third-order valence-electron chi connectivity index (χ3n) is 5.71. The molecule has 0 saturated carbocycles. The molecule has 132 valence electrons. The number of ether oxygens (including phenoxy) is 1. The highest BCUT2D eigenvalue weighted by atomic mass is 16.5. The van der Waals surface area contributed by atoms with Gasteiger partial charge in [-0.05, 0) is 44.2 Å². The number of morpholine rings is 1.